The number of amides is 3. The molecule has 2 aromatic rings. The fourth-order valence-corrected chi connectivity index (χ4v) is 2.86. The van der Waals surface area contributed by atoms with Crippen LogP contribution in [0.3, 0.4) is 0 Å². The van der Waals surface area contributed by atoms with Crippen molar-refractivity contribution < 1.29 is 19.1 Å². The van der Waals surface area contributed by atoms with Crippen LogP contribution < -0.4 is 16.0 Å². The van der Waals surface area contributed by atoms with Crippen molar-refractivity contribution in [3.63, 3.8) is 0 Å². The van der Waals surface area contributed by atoms with Crippen molar-refractivity contribution in [3.05, 3.63) is 65.7 Å². The minimum absolute atomic E-state index is 0.191. The van der Waals surface area contributed by atoms with Gasteiger partial charge in [-0.3, -0.25) is 9.59 Å². The highest BCUT2D eigenvalue weighted by atomic mass is 16.6. The van der Waals surface area contributed by atoms with Crippen molar-refractivity contribution in [1.29, 1.82) is 0 Å². The van der Waals surface area contributed by atoms with Gasteiger partial charge in [0.25, 0.3) is 5.91 Å². The zero-order chi connectivity index (χ0) is 23.9. The van der Waals surface area contributed by atoms with Gasteiger partial charge in [0.2, 0.25) is 5.91 Å². The number of alkyl carbamates (subject to hydrolysis) is 1. The van der Waals surface area contributed by atoms with Crippen molar-refractivity contribution in [2.45, 2.75) is 65.1 Å². The van der Waals surface area contributed by atoms with E-state index < -0.39 is 17.7 Å². The minimum atomic E-state index is -0.837. The van der Waals surface area contributed by atoms with E-state index in [1.807, 2.05) is 51.1 Å². The summed E-state index contributed by atoms with van der Waals surface area (Å²) in [6.07, 6.45) is -0.361. The third kappa shape index (κ3) is 8.79. The van der Waals surface area contributed by atoms with Crippen LogP contribution in [-0.2, 0) is 16.0 Å². The molecular formula is C25H33N3O4. The Morgan fingerprint density at radius 2 is 1.47 bits per heavy atom. The van der Waals surface area contributed by atoms with Gasteiger partial charge in [-0.15, -0.1) is 0 Å². The number of benzene rings is 2. The smallest absolute Gasteiger partial charge is 0.408 e. The van der Waals surface area contributed by atoms with Gasteiger partial charge in [-0.1, -0.05) is 30.3 Å². The lowest BCUT2D eigenvalue weighted by Crippen LogP contribution is -2.47. The van der Waals surface area contributed by atoms with Crippen molar-refractivity contribution in [3.8, 4) is 0 Å². The molecule has 0 spiro atoms. The van der Waals surface area contributed by atoms with E-state index in [-0.39, 0.29) is 17.4 Å². The molecule has 3 N–H and O–H groups in total. The average molecular weight is 440 g/mol. The summed E-state index contributed by atoms with van der Waals surface area (Å²) >= 11 is 0. The Labute approximate surface area is 189 Å². The van der Waals surface area contributed by atoms with Gasteiger partial charge < -0.3 is 20.7 Å². The summed E-state index contributed by atoms with van der Waals surface area (Å²) in [4.78, 5) is 37.5. The summed E-state index contributed by atoms with van der Waals surface area (Å²) in [7, 11) is 0. The van der Waals surface area contributed by atoms with Crippen LogP contribution in [0.2, 0.25) is 0 Å². The second kappa shape index (κ2) is 10.3. The molecule has 3 amide bonds. The first kappa shape index (κ1) is 24.9. The third-order valence-corrected chi connectivity index (χ3v) is 4.19. The SMILES string of the molecule is CC(C)(C)NC(=O)c1ccc(NC(=O)[C@H](Cc2ccccc2)NC(=O)OC(C)(C)C)cc1. The molecule has 1 atom stereocenters. The Bertz CT molecular complexity index is 926. The Morgan fingerprint density at radius 1 is 0.875 bits per heavy atom. The van der Waals surface area contributed by atoms with E-state index in [9.17, 15) is 14.4 Å². The van der Waals surface area contributed by atoms with E-state index in [2.05, 4.69) is 16.0 Å². The van der Waals surface area contributed by atoms with Crippen LogP contribution in [0.15, 0.2) is 54.6 Å². The fourth-order valence-electron chi connectivity index (χ4n) is 2.86. The monoisotopic (exact) mass is 439 g/mol. The van der Waals surface area contributed by atoms with Gasteiger partial charge in [-0.05, 0) is 71.4 Å². The van der Waals surface area contributed by atoms with Crippen LogP contribution in [0.5, 0.6) is 0 Å². The van der Waals surface area contributed by atoms with Crippen LogP contribution in [-0.4, -0.2) is 35.1 Å². The van der Waals surface area contributed by atoms with E-state index in [0.29, 0.717) is 17.7 Å². The first-order valence-electron chi connectivity index (χ1n) is 10.6. The van der Waals surface area contributed by atoms with Gasteiger partial charge in [0.1, 0.15) is 11.6 Å². The molecule has 32 heavy (non-hydrogen) atoms. The molecule has 0 aliphatic heterocycles. The van der Waals surface area contributed by atoms with Crippen LogP contribution >= 0.6 is 0 Å². The number of hydrogen-bond donors (Lipinski definition) is 3. The van der Waals surface area contributed by atoms with Crippen LogP contribution in [0, 0.1) is 0 Å². The lowest BCUT2D eigenvalue weighted by atomic mass is 10.0. The maximum atomic E-state index is 13.0. The molecule has 0 unspecified atom stereocenters. The summed E-state index contributed by atoms with van der Waals surface area (Å²) < 4.78 is 5.31. The van der Waals surface area contributed by atoms with E-state index in [1.54, 1.807) is 45.0 Å². The molecule has 2 rings (SSSR count). The van der Waals surface area contributed by atoms with Gasteiger partial charge >= 0.3 is 6.09 Å². The van der Waals surface area contributed by atoms with Crippen LogP contribution in [0.1, 0.15) is 57.5 Å². The Morgan fingerprint density at radius 3 is 2.00 bits per heavy atom. The molecule has 0 aliphatic rings. The number of rotatable bonds is 6. The second-order valence-electron chi connectivity index (χ2n) is 9.66. The molecule has 0 aromatic heterocycles. The van der Waals surface area contributed by atoms with E-state index in [1.165, 1.54) is 0 Å². The van der Waals surface area contributed by atoms with Gasteiger partial charge in [-0.25, -0.2) is 4.79 Å². The maximum absolute atomic E-state index is 13.0. The van der Waals surface area contributed by atoms with Gasteiger partial charge in [0.15, 0.2) is 0 Å². The van der Waals surface area contributed by atoms with E-state index in [0.717, 1.165) is 5.56 Å². The van der Waals surface area contributed by atoms with Gasteiger partial charge in [0.05, 0.1) is 0 Å². The number of ether oxygens (including phenoxy) is 1. The van der Waals surface area contributed by atoms with Crippen LogP contribution in [0.4, 0.5) is 10.5 Å². The highest BCUT2D eigenvalue weighted by Gasteiger charge is 2.25. The highest BCUT2D eigenvalue weighted by Crippen LogP contribution is 2.13. The maximum Gasteiger partial charge on any atom is 0.408 e. The molecular weight excluding hydrogens is 406 g/mol. The Kier molecular flexibility index (Phi) is 8.02. The first-order valence-corrected chi connectivity index (χ1v) is 10.6. The highest BCUT2D eigenvalue weighted by molar-refractivity contribution is 5.98. The van der Waals surface area contributed by atoms with E-state index >= 15 is 0 Å². The molecule has 0 fully saturated rings. The minimum Gasteiger partial charge on any atom is -0.444 e. The number of hydrogen-bond acceptors (Lipinski definition) is 4. The van der Waals surface area contributed by atoms with E-state index in [4.69, 9.17) is 4.74 Å². The lowest BCUT2D eigenvalue weighted by molar-refractivity contribution is -0.118. The first-order chi connectivity index (χ1) is 14.8. The molecule has 172 valence electrons. The Hall–Kier alpha value is -3.35. The number of carbonyl (C=O) groups is 3. The summed E-state index contributed by atoms with van der Waals surface area (Å²) in [5.74, 6) is -0.574. The molecule has 0 radical (unpaired) electrons. The second-order valence-corrected chi connectivity index (χ2v) is 9.66. The van der Waals surface area contributed by atoms with Gasteiger partial charge in [-0.2, -0.15) is 0 Å². The zero-order valence-corrected chi connectivity index (χ0v) is 19.6. The van der Waals surface area contributed by atoms with Gasteiger partial charge in [0, 0.05) is 23.2 Å². The lowest BCUT2D eigenvalue weighted by Gasteiger charge is -2.23. The number of anilines is 1. The normalized spacial score (nSPS) is 12.4. The zero-order valence-electron chi connectivity index (χ0n) is 19.6. The van der Waals surface area contributed by atoms with Crippen LogP contribution in [0.25, 0.3) is 0 Å². The van der Waals surface area contributed by atoms with Crippen molar-refractivity contribution in [1.82, 2.24) is 10.6 Å². The standard InChI is InChI=1S/C25H33N3O4/c1-24(2,3)28-21(29)18-12-14-19(15-13-18)26-22(30)20(16-17-10-8-7-9-11-17)27-23(31)32-25(4,5)6/h7-15,20H,16H2,1-6H3,(H,26,30)(H,27,31)(H,28,29)/t20-/m0/s1. The quantitative estimate of drug-likeness (QED) is 0.626. The summed E-state index contributed by atoms with van der Waals surface area (Å²) in [6.45, 7) is 11.0. The largest absolute Gasteiger partial charge is 0.444 e. The van der Waals surface area contributed by atoms with Crippen molar-refractivity contribution in [2.75, 3.05) is 5.32 Å². The fraction of sp³-hybridized carbons (Fsp3) is 0.400. The summed E-state index contributed by atoms with van der Waals surface area (Å²) in [5.41, 5.74) is 0.887. The molecule has 7 nitrogen and oxygen atoms in total. The third-order valence-electron chi connectivity index (χ3n) is 4.19. The number of carbonyl (C=O) groups excluding carboxylic acids is 3. The molecule has 2 aromatic carbocycles. The topological polar surface area (TPSA) is 96.5 Å². The number of nitrogens with one attached hydrogen (secondary N) is 3. The molecule has 0 aliphatic carbocycles. The summed E-state index contributed by atoms with van der Waals surface area (Å²) in [6, 6.07) is 15.2. The molecule has 0 bridgehead atoms. The van der Waals surface area contributed by atoms with Crippen molar-refractivity contribution in [2.24, 2.45) is 0 Å². The molecule has 0 saturated heterocycles. The predicted molar refractivity (Wildman–Crippen MR) is 126 cm³/mol. The molecule has 0 saturated carbocycles. The summed E-state index contributed by atoms with van der Waals surface area (Å²) in [5, 5.41) is 8.36. The molecule has 0 heterocycles. The predicted octanol–water partition coefficient (Wildman–Crippen LogP) is 4.29. The molecule has 7 heteroatoms. The Balaban J connectivity index is 2.11. The average Bonchev–Trinajstić information content (AvgIpc) is 2.66. The van der Waals surface area contributed by atoms with Crippen molar-refractivity contribution >= 4 is 23.6 Å².